The van der Waals surface area contributed by atoms with Crippen LogP contribution < -0.4 is 5.32 Å². The SMILES string of the molecule is COC(=O)c1cccc2c1c(C(=O)NCCN(C)C)cc1nc3ccccc3nc12. The number of rotatable bonds is 5. The molecule has 30 heavy (non-hydrogen) atoms. The van der Waals surface area contributed by atoms with Crippen molar-refractivity contribution in [3.8, 4) is 0 Å². The number of amides is 1. The van der Waals surface area contributed by atoms with E-state index in [4.69, 9.17) is 14.7 Å². The molecule has 0 spiro atoms. The van der Waals surface area contributed by atoms with Gasteiger partial charge in [-0.05, 0) is 38.4 Å². The van der Waals surface area contributed by atoms with Crippen LogP contribution in [0.1, 0.15) is 20.7 Å². The number of nitrogens with zero attached hydrogens (tertiary/aromatic N) is 3. The number of nitrogens with one attached hydrogen (secondary N) is 1. The van der Waals surface area contributed by atoms with E-state index in [0.29, 0.717) is 46.0 Å². The van der Waals surface area contributed by atoms with Gasteiger partial charge in [-0.25, -0.2) is 14.8 Å². The molecule has 0 aliphatic heterocycles. The molecule has 4 aromatic rings. The Labute approximate surface area is 173 Å². The molecule has 0 fully saturated rings. The third-order valence-electron chi connectivity index (χ3n) is 4.96. The van der Waals surface area contributed by atoms with Crippen molar-refractivity contribution in [2.45, 2.75) is 0 Å². The minimum absolute atomic E-state index is 0.268. The number of hydrogen-bond acceptors (Lipinski definition) is 6. The van der Waals surface area contributed by atoms with E-state index >= 15 is 0 Å². The van der Waals surface area contributed by atoms with Gasteiger partial charge in [-0.2, -0.15) is 0 Å². The maximum Gasteiger partial charge on any atom is 0.338 e. The summed E-state index contributed by atoms with van der Waals surface area (Å²) in [4.78, 5) is 37.0. The Balaban J connectivity index is 2.00. The molecule has 0 saturated carbocycles. The number of carbonyl (C=O) groups is 2. The zero-order valence-electron chi connectivity index (χ0n) is 17.1. The Morgan fingerprint density at radius 3 is 2.40 bits per heavy atom. The highest BCUT2D eigenvalue weighted by atomic mass is 16.5. The van der Waals surface area contributed by atoms with Crippen molar-refractivity contribution in [1.82, 2.24) is 20.2 Å². The average Bonchev–Trinajstić information content (AvgIpc) is 2.75. The van der Waals surface area contributed by atoms with Gasteiger partial charge in [0.25, 0.3) is 5.91 Å². The van der Waals surface area contributed by atoms with Gasteiger partial charge in [0.15, 0.2) is 0 Å². The normalized spacial score (nSPS) is 11.3. The second-order valence-electron chi connectivity index (χ2n) is 7.28. The number of para-hydroxylation sites is 2. The van der Waals surface area contributed by atoms with Crippen LogP contribution in [0.15, 0.2) is 48.5 Å². The predicted octanol–water partition coefficient (Wildman–Crippen LogP) is 3.01. The fourth-order valence-corrected chi connectivity index (χ4v) is 3.51. The number of likely N-dealkylation sites (N-methyl/N-ethyl adjacent to an activating group) is 1. The van der Waals surface area contributed by atoms with Crippen LogP contribution in [-0.2, 0) is 4.74 Å². The summed E-state index contributed by atoms with van der Waals surface area (Å²) in [6.07, 6.45) is 0. The van der Waals surface area contributed by atoms with E-state index in [-0.39, 0.29) is 5.91 Å². The Hall–Kier alpha value is -3.58. The predicted molar refractivity (Wildman–Crippen MR) is 117 cm³/mol. The molecule has 7 nitrogen and oxygen atoms in total. The van der Waals surface area contributed by atoms with Gasteiger partial charge in [0, 0.05) is 23.9 Å². The van der Waals surface area contributed by atoms with E-state index < -0.39 is 5.97 Å². The van der Waals surface area contributed by atoms with Crippen LogP contribution in [0, 0.1) is 0 Å². The summed E-state index contributed by atoms with van der Waals surface area (Å²) in [5.74, 6) is -0.772. The van der Waals surface area contributed by atoms with Crippen LogP contribution in [0.5, 0.6) is 0 Å². The Bertz CT molecular complexity index is 1280. The zero-order valence-corrected chi connectivity index (χ0v) is 17.1. The lowest BCUT2D eigenvalue weighted by atomic mass is 9.96. The molecule has 1 amide bonds. The number of hydrogen-bond donors (Lipinski definition) is 1. The van der Waals surface area contributed by atoms with Crippen molar-refractivity contribution in [2.24, 2.45) is 0 Å². The fourth-order valence-electron chi connectivity index (χ4n) is 3.51. The molecule has 0 atom stereocenters. The Morgan fingerprint density at radius 2 is 1.70 bits per heavy atom. The molecule has 0 unspecified atom stereocenters. The van der Waals surface area contributed by atoms with Gasteiger partial charge in [-0.1, -0.05) is 24.3 Å². The molecule has 1 N–H and O–H groups in total. The third-order valence-corrected chi connectivity index (χ3v) is 4.96. The van der Waals surface area contributed by atoms with Crippen LogP contribution in [0.4, 0.5) is 0 Å². The summed E-state index contributed by atoms with van der Waals surface area (Å²) in [5.41, 5.74) is 3.43. The average molecular weight is 402 g/mol. The maximum absolute atomic E-state index is 13.1. The van der Waals surface area contributed by atoms with Crippen LogP contribution in [-0.4, -0.2) is 61.0 Å². The summed E-state index contributed by atoms with van der Waals surface area (Å²) in [6.45, 7) is 1.18. The molecular weight excluding hydrogens is 380 g/mol. The van der Waals surface area contributed by atoms with Crippen molar-refractivity contribution in [3.05, 3.63) is 59.7 Å². The molecule has 1 heterocycles. The Kier molecular flexibility index (Phi) is 5.29. The summed E-state index contributed by atoms with van der Waals surface area (Å²) >= 11 is 0. The van der Waals surface area contributed by atoms with Gasteiger partial charge in [-0.15, -0.1) is 0 Å². The summed E-state index contributed by atoms with van der Waals surface area (Å²) < 4.78 is 4.96. The molecule has 152 valence electrons. The van der Waals surface area contributed by atoms with Gasteiger partial charge < -0.3 is 15.0 Å². The maximum atomic E-state index is 13.1. The highest BCUT2D eigenvalue weighted by Gasteiger charge is 2.21. The van der Waals surface area contributed by atoms with Crippen LogP contribution in [0.2, 0.25) is 0 Å². The first-order chi connectivity index (χ1) is 14.5. The number of aromatic nitrogens is 2. The number of benzene rings is 3. The molecule has 1 aromatic heterocycles. The lowest BCUT2D eigenvalue weighted by molar-refractivity contribution is 0.0603. The second kappa shape index (κ2) is 8.04. The monoisotopic (exact) mass is 402 g/mol. The third kappa shape index (κ3) is 3.55. The number of methoxy groups -OCH3 is 1. The Morgan fingerprint density at radius 1 is 0.967 bits per heavy atom. The standard InChI is InChI=1S/C23H22N4O3/c1-27(2)12-11-24-22(28)16-13-19-21(26-18-10-5-4-9-17(18)25-19)14-7-6-8-15(20(14)16)23(29)30-3/h4-10,13H,11-12H2,1-3H3,(H,24,28). The van der Waals surface area contributed by atoms with E-state index in [1.165, 1.54) is 7.11 Å². The van der Waals surface area contributed by atoms with Crippen molar-refractivity contribution in [1.29, 1.82) is 0 Å². The van der Waals surface area contributed by atoms with Crippen molar-refractivity contribution >= 4 is 44.7 Å². The quantitative estimate of drug-likeness (QED) is 0.314. The molecule has 7 heteroatoms. The highest BCUT2D eigenvalue weighted by molar-refractivity contribution is 6.21. The van der Waals surface area contributed by atoms with Crippen LogP contribution in [0.3, 0.4) is 0 Å². The smallest absolute Gasteiger partial charge is 0.338 e. The van der Waals surface area contributed by atoms with E-state index in [0.717, 1.165) is 11.0 Å². The highest BCUT2D eigenvalue weighted by Crippen LogP contribution is 2.31. The van der Waals surface area contributed by atoms with Gasteiger partial charge in [0.05, 0.1) is 40.3 Å². The van der Waals surface area contributed by atoms with Gasteiger partial charge >= 0.3 is 5.97 Å². The number of ether oxygens (including phenoxy) is 1. The van der Waals surface area contributed by atoms with E-state index in [9.17, 15) is 9.59 Å². The topological polar surface area (TPSA) is 84.4 Å². The van der Waals surface area contributed by atoms with Gasteiger partial charge in [-0.3, -0.25) is 4.79 Å². The number of carbonyl (C=O) groups excluding carboxylic acids is 2. The minimum atomic E-state index is -0.504. The molecule has 0 radical (unpaired) electrons. The fraction of sp³-hybridized carbons (Fsp3) is 0.217. The van der Waals surface area contributed by atoms with E-state index in [1.54, 1.807) is 18.2 Å². The lowest BCUT2D eigenvalue weighted by Crippen LogP contribution is -2.31. The van der Waals surface area contributed by atoms with Gasteiger partial charge in [0.1, 0.15) is 0 Å². The summed E-state index contributed by atoms with van der Waals surface area (Å²) in [5, 5.41) is 4.13. The zero-order chi connectivity index (χ0) is 21.3. The number of fused-ring (bicyclic) bond motifs is 4. The first kappa shape index (κ1) is 19.7. The molecule has 3 aromatic carbocycles. The summed E-state index contributed by atoms with van der Waals surface area (Å²) in [7, 11) is 5.20. The first-order valence-corrected chi connectivity index (χ1v) is 9.63. The molecular formula is C23H22N4O3. The second-order valence-corrected chi connectivity index (χ2v) is 7.28. The van der Waals surface area contributed by atoms with E-state index in [1.807, 2.05) is 49.3 Å². The molecule has 0 saturated heterocycles. The summed E-state index contributed by atoms with van der Waals surface area (Å²) in [6, 6.07) is 14.5. The van der Waals surface area contributed by atoms with Crippen molar-refractivity contribution in [2.75, 3.05) is 34.3 Å². The van der Waals surface area contributed by atoms with Crippen LogP contribution in [0.25, 0.3) is 32.8 Å². The lowest BCUT2D eigenvalue weighted by Gasteiger charge is -2.14. The van der Waals surface area contributed by atoms with Crippen LogP contribution >= 0.6 is 0 Å². The molecule has 0 bridgehead atoms. The molecule has 4 rings (SSSR count). The van der Waals surface area contributed by atoms with Gasteiger partial charge in [0.2, 0.25) is 0 Å². The minimum Gasteiger partial charge on any atom is -0.465 e. The first-order valence-electron chi connectivity index (χ1n) is 9.63. The molecule has 0 aliphatic rings. The molecule has 0 aliphatic carbocycles. The van der Waals surface area contributed by atoms with Crippen molar-refractivity contribution < 1.29 is 14.3 Å². The van der Waals surface area contributed by atoms with Crippen molar-refractivity contribution in [3.63, 3.8) is 0 Å². The number of esters is 1. The van der Waals surface area contributed by atoms with E-state index in [2.05, 4.69) is 5.32 Å². The largest absolute Gasteiger partial charge is 0.465 e.